The quantitative estimate of drug-likeness (QED) is 0.0634. The van der Waals surface area contributed by atoms with Crippen molar-refractivity contribution in [2.75, 3.05) is 51.1 Å². The van der Waals surface area contributed by atoms with E-state index in [1.54, 1.807) is 35.5 Å². The summed E-state index contributed by atoms with van der Waals surface area (Å²) in [6.07, 6.45) is 0. The van der Waals surface area contributed by atoms with Crippen LogP contribution in [0.4, 0.5) is 34.1 Å². The molecule has 0 saturated carbocycles. The summed E-state index contributed by atoms with van der Waals surface area (Å²) in [7, 11) is 8.12. The Morgan fingerprint density at radius 1 is 0.427 bits per heavy atom. The molecule has 0 radical (unpaired) electrons. The molecule has 0 fully saturated rings. The van der Waals surface area contributed by atoms with E-state index in [0.717, 1.165) is 80.9 Å². The van der Waals surface area contributed by atoms with Crippen molar-refractivity contribution < 1.29 is 23.5 Å². The fourth-order valence-corrected chi connectivity index (χ4v) is 14.8. The lowest BCUT2D eigenvalue weighted by molar-refractivity contribution is 0.291. The van der Waals surface area contributed by atoms with Crippen molar-refractivity contribution in [2.45, 2.75) is 53.4 Å². The summed E-state index contributed by atoms with van der Waals surface area (Å²) in [5.74, 6) is 2.53. The van der Waals surface area contributed by atoms with Gasteiger partial charge in [0.25, 0.3) is 0 Å². The van der Waals surface area contributed by atoms with Crippen LogP contribution in [0.15, 0.2) is 254 Å². The van der Waals surface area contributed by atoms with Gasteiger partial charge >= 0.3 is 7.12 Å². The van der Waals surface area contributed by atoms with Gasteiger partial charge in [0, 0.05) is 80.7 Å². The van der Waals surface area contributed by atoms with Gasteiger partial charge in [-0.3, -0.25) is 0 Å². The van der Waals surface area contributed by atoms with E-state index < -0.39 is 0 Å². The molecule has 1 heterocycles. The highest BCUT2D eigenvalue weighted by Crippen LogP contribution is 2.40. The maximum absolute atomic E-state index is 5.43. The number of hydrogen-bond donors (Lipinski definition) is 2. The molecule has 0 atom stereocenters. The Morgan fingerprint density at radius 2 is 0.896 bits per heavy atom. The highest BCUT2D eigenvalue weighted by atomic mass is 127. The second-order valence-corrected chi connectivity index (χ2v) is 28.8. The molecule has 0 aromatic heterocycles. The number of rotatable bonds is 14. The second kappa shape index (κ2) is 39.7. The van der Waals surface area contributed by atoms with E-state index in [4.69, 9.17) is 23.5 Å². The normalized spacial score (nSPS) is 10.6. The zero-order valence-corrected chi connectivity index (χ0v) is 68.0. The molecule has 12 rings (SSSR count). The minimum atomic E-state index is -0.254. The first kappa shape index (κ1) is 77.5. The van der Waals surface area contributed by atoms with Gasteiger partial charge in [-0.15, -0.1) is 0 Å². The largest absolute Gasteiger partial charge is 0.497 e. The van der Waals surface area contributed by atoms with Crippen molar-refractivity contribution in [2.24, 2.45) is 0 Å². The zero-order valence-electron chi connectivity index (χ0n) is 55.7. The molecule has 96 heavy (non-hydrogen) atoms. The number of para-hydroxylation sites is 3. The van der Waals surface area contributed by atoms with Crippen LogP contribution in [-0.2, 0) is 21.2 Å². The third-order valence-electron chi connectivity index (χ3n) is 15.4. The van der Waals surface area contributed by atoms with Gasteiger partial charge in [-0.2, -0.15) is 0 Å². The number of alkyl halides is 1. The number of hydrogen-bond acceptors (Lipinski definition) is 8. The molecule has 0 amide bonds. The molecule has 0 saturated heterocycles. The number of nitrogens with one attached hydrogen (secondary N) is 2. The summed E-state index contributed by atoms with van der Waals surface area (Å²) in [6, 6.07) is 81.0. The fraction of sp³-hybridized carbons (Fsp3) is 0.165. The first-order valence-corrected chi connectivity index (χ1v) is 37.3. The topological polar surface area (TPSA) is 73.5 Å². The molecular formula is C79H78B2Br5I2N3O5. The Balaban J connectivity index is 0.000000170. The maximum Gasteiger partial charge on any atom is 0.493 e. The number of anilines is 6. The van der Waals surface area contributed by atoms with E-state index in [2.05, 4.69) is 321 Å². The van der Waals surface area contributed by atoms with Crippen molar-refractivity contribution >= 4 is 195 Å². The highest BCUT2D eigenvalue weighted by Gasteiger charge is 2.33. The van der Waals surface area contributed by atoms with E-state index >= 15 is 0 Å². The third kappa shape index (κ3) is 22.6. The summed E-state index contributed by atoms with van der Waals surface area (Å²) < 4.78 is 33.3. The molecule has 11 aromatic rings. The first-order valence-electron chi connectivity index (χ1n) is 30.8. The lowest BCUT2D eigenvalue weighted by Gasteiger charge is -2.30. The van der Waals surface area contributed by atoms with E-state index in [0.29, 0.717) is 0 Å². The standard InChI is InChI=1S/C22H22BNO.C20H17Br2NO.C13H11Br2NO.C11H17BO2.C7H7Br.C6H4I2/c1-14-11-15(2)22(16(3)12-14)23-18-7-5-6-8-20(18)24-21-13-17(25-4)9-10-19(21)23;1-24-16-11-12-18(22)20(13-16)23(14-15-7-3-2-4-8-15)19-10-6-5-9-17(19)21;1-17-9-6-7-11(15)13(8-9)16-12-5-3-2-4-10(12)14;1-8-6-9(2)11(10(3)7-8)12(13-4)14-5;8-6-7-4-2-1-3-5-7;7-5-2-1-3-6(8)4-5/h5-13,24H,1-4H3;2-13H,14H2,1H3;2-8,16H,1H3;6-7H,1-5H3;1-5H,6H2;1-4H. The van der Waals surface area contributed by atoms with Crippen molar-refractivity contribution in [1.82, 2.24) is 0 Å². The van der Waals surface area contributed by atoms with E-state index in [1.807, 2.05) is 97.1 Å². The number of halogens is 7. The van der Waals surface area contributed by atoms with Crippen LogP contribution in [0.25, 0.3) is 0 Å². The van der Waals surface area contributed by atoms with Crippen LogP contribution in [0.1, 0.15) is 44.5 Å². The molecule has 494 valence electrons. The predicted molar refractivity (Wildman–Crippen MR) is 444 cm³/mol. The van der Waals surface area contributed by atoms with Crippen molar-refractivity contribution in [3.8, 4) is 17.2 Å². The molecule has 2 N–H and O–H groups in total. The van der Waals surface area contributed by atoms with Crippen LogP contribution in [0.3, 0.4) is 0 Å². The molecule has 1 aliphatic heterocycles. The van der Waals surface area contributed by atoms with Crippen LogP contribution in [0.5, 0.6) is 17.2 Å². The highest BCUT2D eigenvalue weighted by molar-refractivity contribution is 14.1. The molecule has 17 heteroatoms. The number of ether oxygens (including phenoxy) is 3. The minimum absolute atomic E-state index is 0.235. The van der Waals surface area contributed by atoms with E-state index in [-0.39, 0.29) is 13.8 Å². The van der Waals surface area contributed by atoms with Gasteiger partial charge in [-0.05, 0) is 257 Å². The number of nitrogens with zero attached hydrogens (tertiary/aromatic N) is 1. The molecule has 11 aromatic carbocycles. The summed E-state index contributed by atoms with van der Waals surface area (Å²) in [5.41, 5.74) is 21.9. The van der Waals surface area contributed by atoms with Gasteiger partial charge in [0.05, 0.1) is 44.1 Å². The number of methoxy groups -OCH3 is 3. The summed E-state index contributed by atoms with van der Waals surface area (Å²) in [5, 5.41) is 7.88. The molecular weight excluding hydrogens is 1750 g/mol. The average Bonchev–Trinajstić information content (AvgIpc) is 0.750. The van der Waals surface area contributed by atoms with E-state index in [9.17, 15) is 0 Å². The molecule has 8 nitrogen and oxygen atoms in total. The molecule has 0 spiro atoms. The van der Waals surface area contributed by atoms with Gasteiger partial charge in [-0.1, -0.05) is 194 Å². The minimum Gasteiger partial charge on any atom is -0.497 e. The Kier molecular flexibility index (Phi) is 32.0. The van der Waals surface area contributed by atoms with Gasteiger partial charge in [-0.25, -0.2) is 0 Å². The summed E-state index contributed by atoms with van der Waals surface area (Å²) >= 11 is 22.3. The number of aryl methyl sites for hydroxylation is 6. The Bertz CT molecular complexity index is 4220. The summed E-state index contributed by atoms with van der Waals surface area (Å²) in [4.78, 5) is 2.27. The Labute approximate surface area is 639 Å². The van der Waals surface area contributed by atoms with Crippen LogP contribution in [-0.4, -0.2) is 49.4 Å². The Hall–Kier alpha value is -5.87. The second-order valence-electron chi connectivity index (χ2n) is 22.4. The fourth-order valence-electron chi connectivity index (χ4n) is 11.1. The van der Waals surface area contributed by atoms with E-state index in [1.165, 1.54) is 73.7 Å². The van der Waals surface area contributed by atoms with Crippen LogP contribution < -0.4 is 51.6 Å². The van der Waals surface area contributed by atoms with Crippen LogP contribution in [0.2, 0.25) is 0 Å². The lowest BCUT2D eigenvalue weighted by Crippen LogP contribution is -2.57. The van der Waals surface area contributed by atoms with Crippen molar-refractivity contribution in [3.63, 3.8) is 0 Å². The average molecular weight is 1820 g/mol. The van der Waals surface area contributed by atoms with Crippen LogP contribution >= 0.6 is 125 Å². The van der Waals surface area contributed by atoms with Gasteiger partial charge in [0.15, 0.2) is 0 Å². The SMILES string of the molecule is BrCc1ccccc1.COB(OC)c1c(C)cc(C)cc1C.COc1ccc(Br)c(N(Cc2ccccc2)c2ccccc2Br)c1.COc1ccc(Br)c(Nc2ccccc2Br)c1.COc1ccc2c(c1)Nc1ccccc1B2c1c(C)cc(C)cc1C.Ic1cccc(I)c1. The van der Waals surface area contributed by atoms with Gasteiger partial charge in [0.2, 0.25) is 6.71 Å². The van der Waals surface area contributed by atoms with Crippen molar-refractivity contribution in [1.29, 1.82) is 0 Å². The van der Waals surface area contributed by atoms with Gasteiger partial charge < -0.3 is 39.1 Å². The first-order chi connectivity index (χ1) is 46.3. The lowest BCUT2D eigenvalue weighted by atomic mass is 9.34. The number of fused-ring (bicyclic) bond motifs is 2. The van der Waals surface area contributed by atoms with Crippen molar-refractivity contribution in [3.05, 3.63) is 306 Å². The molecule has 1 aliphatic rings. The van der Waals surface area contributed by atoms with Crippen LogP contribution in [0, 0.1) is 48.7 Å². The molecule has 0 unspecified atom stereocenters. The molecule has 0 bridgehead atoms. The molecule has 0 aliphatic carbocycles. The predicted octanol–water partition coefficient (Wildman–Crippen LogP) is 21.8. The zero-order chi connectivity index (χ0) is 69.3. The Morgan fingerprint density at radius 3 is 1.44 bits per heavy atom. The maximum atomic E-state index is 5.43. The third-order valence-corrected chi connectivity index (χ3v) is 20.1. The smallest absolute Gasteiger partial charge is 0.493 e. The summed E-state index contributed by atoms with van der Waals surface area (Å²) in [6.45, 7) is 13.9. The number of benzene rings is 11. The van der Waals surface area contributed by atoms with Gasteiger partial charge in [0.1, 0.15) is 17.2 Å². The monoisotopic (exact) mass is 1820 g/mol.